The van der Waals surface area contributed by atoms with Crippen LogP contribution < -0.4 is 4.74 Å². The van der Waals surface area contributed by atoms with Gasteiger partial charge in [-0.1, -0.05) is 53.7 Å². The van der Waals surface area contributed by atoms with Gasteiger partial charge in [0, 0.05) is 19.6 Å². The van der Waals surface area contributed by atoms with E-state index in [0.29, 0.717) is 5.92 Å². The van der Waals surface area contributed by atoms with Crippen molar-refractivity contribution in [3.63, 3.8) is 0 Å². The summed E-state index contributed by atoms with van der Waals surface area (Å²) in [6.07, 6.45) is 1.09. The SMILES string of the molecule is Cc1ccc(C(C)C)c(OCCCN(CC(C)C)CC(C)C)c1. The Morgan fingerprint density at radius 3 is 2.09 bits per heavy atom. The number of rotatable bonds is 10. The first kappa shape index (κ1) is 20.0. The van der Waals surface area contributed by atoms with E-state index >= 15 is 0 Å². The van der Waals surface area contributed by atoms with E-state index in [1.165, 1.54) is 24.2 Å². The molecule has 2 heteroatoms. The Hall–Kier alpha value is -1.02. The molecule has 0 aliphatic heterocycles. The normalized spacial score (nSPS) is 12.0. The lowest BCUT2D eigenvalue weighted by atomic mass is 10.0. The van der Waals surface area contributed by atoms with Gasteiger partial charge in [0.05, 0.1) is 6.61 Å². The van der Waals surface area contributed by atoms with Crippen LogP contribution in [0.15, 0.2) is 18.2 Å². The molecule has 2 nitrogen and oxygen atoms in total. The van der Waals surface area contributed by atoms with Gasteiger partial charge in [-0.15, -0.1) is 0 Å². The highest BCUT2D eigenvalue weighted by Gasteiger charge is 2.11. The van der Waals surface area contributed by atoms with Crippen LogP contribution in [0.2, 0.25) is 0 Å². The molecule has 1 aromatic carbocycles. The molecule has 0 radical (unpaired) electrons. The van der Waals surface area contributed by atoms with Crippen LogP contribution in [0.5, 0.6) is 5.75 Å². The van der Waals surface area contributed by atoms with Crippen LogP contribution in [0.3, 0.4) is 0 Å². The lowest BCUT2D eigenvalue weighted by molar-refractivity contribution is 0.197. The second-order valence-electron chi connectivity index (χ2n) is 7.95. The minimum Gasteiger partial charge on any atom is -0.493 e. The van der Waals surface area contributed by atoms with Crippen LogP contribution in [-0.4, -0.2) is 31.1 Å². The minimum absolute atomic E-state index is 0.504. The molecule has 0 heterocycles. The fourth-order valence-electron chi connectivity index (χ4n) is 3.00. The maximum atomic E-state index is 6.11. The summed E-state index contributed by atoms with van der Waals surface area (Å²) in [7, 11) is 0. The first-order valence-electron chi connectivity index (χ1n) is 9.25. The summed E-state index contributed by atoms with van der Waals surface area (Å²) in [5.41, 5.74) is 2.59. The summed E-state index contributed by atoms with van der Waals surface area (Å²) in [6, 6.07) is 6.56. The number of hydrogen-bond acceptors (Lipinski definition) is 2. The van der Waals surface area contributed by atoms with Crippen LogP contribution in [-0.2, 0) is 0 Å². The molecule has 0 fully saturated rings. The van der Waals surface area contributed by atoms with Crippen molar-refractivity contribution in [2.75, 3.05) is 26.2 Å². The van der Waals surface area contributed by atoms with Crippen molar-refractivity contribution in [1.82, 2.24) is 4.90 Å². The topological polar surface area (TPSA) is 12.5 Å². The third-order valence-corrected chi connectivity index (χ3v) is 3.91. The fraction of sp³-hybridized carbons (Fsp3) is 0.714. The van der Waals surface area contributed by atoms with E-state index in [4.69, 9.17) is 4.74 Å². The van der Waals surface area contributed by atoms with E-state index in [9.17, 15) is 0 Å². The predicted molar refractivity (Wildman–Crippen MR) is 101 cm³/mol. The van der Waals surface area contributed by atoms with E-state index in [0.717, 1.165) is 37.2 Å². The first-order valence-corrected chi connectivity index (χ1v) is 9.25. The molecule has 0 amide bonds. The van der Waals surface area contributed by atoms with Gasteiger partial charge in [0.25, 0.3) is 0 Å². The second kappa shape index (κ2) is 9.97. The van der Waals surface area contributed by atoms with Gasteiger partial charge in [0.1, 0.15) is 5.75 Å². The second-order valence-corrected chi connectivity index (χ2v) is 7.95. The molecular formula is C21H37NO. The quantitative estimate of drug-likeness (QED) is 0.528. The maximum Gasteiger partial charge on any atom is 0.122 e. The van der Waals surface area contributed by atoms with Crippen molar-refractivity contribution in [1.29, 1.82) is 0 Å². The van der Waals surface area contributed by atoms with Crippen LogP contribution >= 0.6 is 0 Å². The highest BCUT2D eigenvalue weighted by Crippen LogP contribution is 2.27. The van der Waals surface area contributed by atoms with E-state index in [-0.39, 0.29) is 0 Å². The zero-order valence-electron chi connectivity index (χ0n) is 16.4. The Labute approximate surface area is 144 Å². The smallest absolute Gasteiger partial charge is 0.122 e. The summed E-state index contributed by atoms with van der Waals surface area (Å²) in [5.74, 6) is 3.02. The monoisotopic (exact) mass is 319 g/mol. The molecule has 23 heavy (non-hydrogen) atoms. The molecule has 0 atom stereocenters. The van der Waals surface area contributed by atoms with Gasteiger partial charge in [-0.05, 0) is 48.3 Å². The van der Waals surface area contributed by atoms with Gasteiger partial charge in [-0.3, -0.25) is 0 Å². The number of aryl methyl sites for hydroxylation is 1. The van der Waals surface area contributed by atoms with Crippen molar-refractivity contribution in [2.45, 2.75) is 60.8 Å². The fourth-order valence-corrected chi connectivity index (χ4v) is 3.00. The molecule has 1 aromatic rings. The van der Waals surface area contributed by atoms with E-state index in [1.54, 1.807) is 0 Å². The Balaban J connectivity index is 2.50. The van der Waals surface area contributed by atoms with Crippen LogP contribution in [0, 0.1) is 18.8 Å². The molecule has 0 aliphatic rings. The third-order valence-electron chi connectivity index (χ3n) is 3.91. The molecule has 0 saturated carbocycles. The van der Waals surface area contributed by atoms with E-state index in [1.807, 2.05) is 0 Å². The van der Waals surface area contributed by atoms with Gasteiger partial charge in [-0.2, -0.15) is 0 Å². The molecule has 0 N–H and O–H groups in total. The summed E-state index contributed by atoms with van der Waals surface area (Å²) in [6.45, 7) is 20.1. The molecule has 0 aliphatic carbocycles. The highest BCUT2D eigenvalue weighted by molar-refractivity contribution is 5.39. The lowest BCUT2D eigenvalue weighted by Gasteiger charge is -2.26. The largest absolute Gasteiger partial charge is 0.493 e. The van der Waals surface area contributed by atoms with Crippen molar-refractivity contribution < 1.29 is 4.74 Å². The van der Waals surface area contributed by atoms with Crippen LogP contribution in [0.4, 0.5) is 0 Å². The molecule has 0 spiro atoms. The standard InChI is InChI=1S/C21H37NO/c1-16(2)14-22(15-17(3)4)11-8-12-23-21-13-19(7)9-10-20(21)18(5)6/h9-10,13,16-18H,8,11-12,14-15H2,1-7H3. The number of hydrogen-bond donors (Lipinski definition) is 0. The van der Waals surface area contributed by atoms with Crippen LogP contribution in [0.25, 0.3) is 0 Å². The zero-order valence-corrected chi connectivity index (χ0v) is 16.4. The van der Waals surface area contributed by atoms with Crippen molar-refractivity contribution in [2.24, 2.45) is 11.8 Å². The van der Waals surface area contributed by atoms with E-state index < -0.39 is 0 Å². The number of benzene rings is 1. The van der Waals surface area contributed by atoms with Crippen molar-refractivity contribution in [3.8, 4) is 5.75 Å². The molecule has 0 bridgehead atoms. The molecular weight excluding hydrogens is 282 g/mol. The summed E-state index contributed by atoms with van der Waals surface area (Å²) in [5, 5.41) is 0. The molecule has 1 rings (SSSR count). The van der Waals surface area contributed by atoms with Gasteiger partial charge in [0.2, 0.25) is 0 Å². The first-order chi connectivity index (χ1) is 10.8. The number of nitrogens with zero attached hydrogens (tertiary/aromatic N) is 1. The molecule has 132 valence electrons. The molecule has 0 unspecified atom stereocenters. The average Bonchev–Trinajstić information content (AvgIpc) is 2.41. The number of ether oxygens (including phenoxy) is 1. The van der Waals surface area contributed by atoms with E-state index in [2.05, 4.69) is 71.6 Å². The predicted octanol–water partition coefficient (Wildman–Crippen LogP) is 5.50. The Kier molecular flexibility index (Phi) is 8.68. The van der Waals surface area contributed by atoms with Gasteiger partial charge >= 0.3 is 0 Å². The van der Waals surface area contributed by atoms with Crippen LogP contribution in [0.1, 0.15) is 65.0 Å². The molecule has 0 saturated heterocycles. The van der Waals surface area contributed by atoms with Crippen molar-refractivity contribution >= 4 is 0 Å². The average molecular weight is 320 g/mol. The summed E-state index contributed by atoms with van der Waals surface area (Å²) >= 11 is 0. The van der Waals surface area contributed by atoms with Gasteiger partial charge in [-0.25, -0.2) is 0 Å². The Bertz CT molecular complexity index is 441. The van der Waals surface area contributed by atoms with Crippen molar-refractivity contribution in [3.05, 3.63) is 29.3 Å². The lowest BCUT2D eigenvalue weighted by Crippen LogP contribution is -2.33. The zero-order chi connectivity index (χ0) is 17.4. The maximum absolute atomic E-state index is 6.11. The summed E-state index contributed by atoms with van der Waals surface area (Å²) < 4.78 is 6.11. The Morgan fingerprint density at radius 2 is 1.57 bits per heavy atom. The minimum atomic E-state index is 0.504. The Morgan fingerprint density at radius 1 is 0.957 bits per heavy atom. The summed E-state index contributed by atoms with van der Waals surface area (Å²) in [4.78, 5) is 2.58. The van der Waals surface area contributed by atoms with Gasteiger partial charge in [0.15, 0.2) is 0 Å². The molecule has 0 aromatic heterocycles. The highest BCUT2D eigenvalue weighted by atomic mass is 16.5. The van der Waals surface area contributed by atoms with Gasteiger partial charge < -0.3 is 9.64 Å². The third kappa shape index (κ3) is 7.87.